The van der Waals surface area contributed by atoms with Crippen LogP contribution in [0.5, 0.6) is 11.5 Å². The summed E-state index contributed by atoms with van der Waals surface area (Å²) >= 11 is 0. The second-order valence-electron chi connectivity index (χ2n) is 5.32. The smallest absolute Gasteiger partial charge is 0.263 e. The zero-order chi connectivity index (χ0) is 15.2. The first kappa shape index (κ1) is 15.6. The molecule has 5 heteroatoms. The molecule has 21 heavy (non-hydrogen) atoms. The summed E-state index contributed by atoms with van der Waals surface area (Å²) in [5, 5.41) is 0. The lowest BCUT2D eigenvalue weighted by Gasteiger charge is -2.34. The van der Waals surface area contributed by atoms with Gasteiger partial charge in [0.2, 0.25) is 0 Å². The largest absolute Gasteiger partial charge is 0.497 e. The molecule has 5 nitrogen and oxygen atoms in total. The number of piperazine rings is 1. The van der Waals surface area contributed by atoms with Crippen molar-refractivity contribution in [1.29, 1.82) is 0 Å². The van der Waals surface area contributed by atoms with E-state index in [-0.39, 0.29) is 5.91 Å². The minimum Gasteiger partial charge on any atom is -0.497 e. The number of ether oxygens (including phenoxy) is 2. The van der Waals surface area contributed by atoms with Gasteiger partial charge in [-0.25, -0.2) is 0 Å². The molecular formula is C16H24N2O3. The van der Waals surface area contributed by atoms with Crippen LogP contribution >= 0.6 is 0 Å². The van der Waals surface area contributed by atoms with Gasteiger partial charge in [0, 0.05) is 26.2 Å². The van der Waals surface area contributed by atoms with Gasteiger partial charge in [-0.15, -0.1) is 0 Å². The number of rotatable bonds is 5. The van der Waals surface area contributed by atoms with Gasteiger partial charge in [-0.3, -0.25) is 4.79 Å². The predicted molar refractivity (Wildman–Crippen MR) is 81.8 cm³/mol. The molecule has 1 aromatic rings. The summed E-state index contributed by atoms with van der Waals surface area (Å²) in [7, 11) is 3.70. The van der Waals surface area contributed by atoms with Crippen LogP contribution in [0.25, 0.3) is 0 Å². The zero-order valence-electron chi connectivity index (χ0n) is 13.0. The molecule has 0 aromatic heterocycles. The maximum absolute atomic E-state index is 12.5. The summed E-state index contributed by atoms with van der Waals surface area (Å²) in [6, 6.07) is 7.34. The van der Waals surface area contributed by atoms with Gasteiger partial charge in [0.05, 0.1) is 7.11 Å². The van der Waals surface area contributed by atoms with Crippen molar-refractivity contribution >= 4 is 5.91 Å². The van der Waals surface area contributed by atoms with E-state index in [9.17, 15) is 4.79 Å². The topological polar surface area (TPSA) is 42.0 Å². The first-order valence-electron chi connectivity index (χ1n) is 7.42. The van der Waals surface area contributed by atoms with Crippen molar-refractivity contribution in [2.45, 2.75) is 19.4 Å². The Morgan fingerprint density at radius 3 is 2.24 bits per heavy atom. The van der Waals surface area contributed by atoms with Gasteiger partial charge in [-0.05, 0) is 37.7 Å². The Balaban J connectivity index is 1.96. The summed E-state index contributed by atoms with van der Waals surface area (Å²) in [6.07, 6.45) is 0.249. The van der Waals surface area contributed by atoms with Crippen LogP contribution in [0.15, 0.2) is 24.3 Å². The average molecular weight is 292 g/mol. The number of carbonyl (C=O) groups excluding carboxylic acids is 1. The van der Waals surface area contributed by atoms with Crippen LogP contribution < -0.4 is 9.47 Å². The molecule has 1 fully saturated rings. The molecule has 2 rings (SSSR count). The molecule has 0 radical (unpaired) electrons. The van der Waals surface area contributed by atoms with Crippen LogP contribution in [0, 0.1) is 0 Å². The molecule has 0 spiro atoms. The number of benzene rings is 1. The molecular weight excluding hydrogens is 268 g/mol. The summed E-state index contributed by atoms with van der Waals surface area (Å²) < 4.78 is 11.0. The molecule has 0 unspecified atom stereocenters. The second kappa shape index (κ2) is 7.31. The van der Waals surface area contributed by atoms with E-state index in [1.54, 1.807) is 7.11 Å². The molecule has 1 atom stereocenters. The van der Waals surface area contributed by atoms with Crippen LogP contribution in [0.3, 0.4) is 0 Å². The van der Waals surface area contributed by atoms with Crippen LogP contribution in [-0.2, 0) is 4.79 Å². The molecule has 1 saturated heterocycles. The minimum atomic E-state index is -0.415. The van der Waals surface area contributed by atoms with Gasteiger partial charge in [0.15, 0.2) is 6.10 Å². The van der Waals surface area contributed by atoms with Crippen LogP contribution in [0.4, 0.5) is 0 Å². The lowest BCUT2D eigenvalue weighted by atomic mass is 10.2. The van der Waals surface area contributed by atoms with E-state index in [4.69, 9.17) is 9.47 Å². The highest BCUT2D eigenvalue weighted by molar-refractivity contribution is 5.81. The van der Waals surface area contributed by atoms with Crippen molar-refractivity contribution in [2.24, 2.45) is 0 Å². The monoisotopic (exact) mass is 292 g/mol. The normalized spacial score (nSPS) is 17.4. The lowest BCUT2D eigenvalue weighted by Crippen LogP contribution is -2.51. The molecule has 1 amide bonds. The Morgan fingerprint density at radius 1 is 1.14 bits per heavy atom. The Hall–Kier alpha value is -1.75. The van der Waals surface area contributed by atoms with Crippen LogP contribution in [0.1, 0.15) is 13.3 Å². The first-order valence-corrected chi connectivity index (χ1v) is 7.42. The molecule has 1 heterocycles. The Labute approximate surface area is 126 Å². The predicted octanol–water partition coefficient (Wildman–Crippen LogP) is 1.63. The quantitative estimate of drug-likeness (QED) is 0.827. The second-order valence-corrected chi connectivity index (χ2v) is 5.32. The van der Waals surface area contributed by atoms with Gasteiger partial charge in [-0.1, -0.05) is 6.92 Å². The first-order chi connectivity index (χ1) is 10.1. The maximum Gasteiger partial charge on any atom is 0.263 e. The molecule has 0 N–H and O–H groups in total. The van der Waals surface area contributed by atoms with Crippen molar-refractivity contribution in [3.8, 4) is 11.5 Å². The van der Waals surface area contributed by atoms with Gasteiger partial charge in [0.1, 0.15) is 11.5 Å². The standard InChI is InChI=1S/C16H24N2O3/c1-4-15(16(19)18-11-9-17(2)10-12-18)21-14-7-5-13(20-3)6-8-14/h5-8,15H,4,9-12H2,1-3H3/t15-/m0/s1. The van der Waals surface area contributed by atoms with E-state index < -0.39 is 6.10 Å². The van der Waals surface area contributed by atoms with Gasteiger partial charge >= 0.3 is 0 Å². The van der Waals surface area contributed by atoms with E-state index in [0.717, 1.165) is 31.9 Å². The van der Waals surface area contributed by atoms with Crippen molar-refractivity contribution in [3.05, 3.63) is 24.3 Å². The highest BCUT2D eigenvalue weighted by Crippen LogP contribution is 2.19. The SMILES string of the molecule is CC[C@H](Oc1ccc(OC)cc1)C(=O)N1CCN(C)CC1. The van der Waals surface area contributed by atoms with E-state index in [1.807, 2.05) is 36.1 Å². The molecule has 1 aliphatic rings. The fourth-order valence-electron chi connectivity index (χ4n) is 2.36. The summed E-state index contributed by atoms with van der Waals surface area (Å²) in [5.74, 6) is 1.56. The van der Waals surface area contributed by atoms with Gasteiger partial charge in [-0.2, -0.15) is 0 Å². The third kappa shape index (κ3) is 4.11. The van der Waals surface area contributed by atoms with Crippen molar-refractivity contribution < 1.29 is 14.3 Å². The summed E-state index contributed by atoms with van der Waals surface area (Å²) in [4.78, 5) is 16.7. The molecule has 1 aromatic carbocycles. The third-order valence-electron chi connectivity index (χ3n) is 3.80. The number of hydrogen-bond donors (Lipinski definition) is 0. The van der Waals surface area contributed by atoms with E-state index >= 15 is 0 Å². The molecule has 0 saturated carbocycles. The van der Waals surface area contributed by atoms with Gasteiger partial charge in [0.25, 0.3) is 5.91 Å². The maximum atomic E-state index is 12.5. The molecule has 0 aliphatic carbocycles. The molecule has 0 bridgehead atoms. The highest BCUT2D eigenvalue weighted by atomic mass is 16.5. The number of carbonyl (C=O) groups is 1. The third-order valence-corrected chi connectivity index (χ3v) is 3.80. The van der Waals surface area contributed by atoms with Crippen LogP contribution in [0.2, 0.25) is 0 Å². The fourth-order valence-corrected chi connectivity index (χ4v) is 2.36. The van der Waals surface area contributed by atoms with E-state index in [0.29, 0.717) is 12.2 Å². The Kier molecular flexibility index (Phi) is 5.44. The van der Waals surface area contributed by atoms with Crippen LogP contribution in [-0.4, -0.2) is 62.1 Å². The van der Waals surface area contributed by atoms with E-state index in [1.165, 1.54) is 0 Å². The number of amides is 1. The highest BCUT2D eigenvalue weighted by Gasteiger charge is 2.26. The molecule has 116 valence electrons. The summed E-state index contributed by atoms with van der Waals surface area (Å²) in [6.45, 7) is 5.37. The fraction of sp³-hybridized carbons (Fsp3) is 0.562. The van der Waals surface area contributed by atoms with Gasteiger partial charge < -0.3 is 19.3 Å². The summed E-state index contributed by atoms with van der Waals surface area (Å²) in [5.41, 5.74) is 0. The lowest BCUT2D eigenvalue weighted by molar-refractivity contribution is -0.140. The van der Waals surface area contributed by atoms with Crippen molar-refractivity contribution in [1.82, 2.24) is 9.80 Å². The minimum absolute atomic E-state index is 0.0846. The zero-order valence-corrected chi connectivity index (χ0v) is 13.0. The Bertz CT molecular complexity index is 453. The molecule has 1 aliphatic heterocycles. The number of hydrogen-bond acceptors (Lipinski definition) is 4. The van der Waals surface area contributed by atoms with Crippen molar-refractivity contribution in [3.63, 3.8) is 0 Å². The number of nitrogens with zero attached hydrogens (tertiary/aromatic N) is 2. The number of methoxy groups -OCH3 is 1. The number of likely N-dealkylation sites (N-methyl/N-ethyl adjacent to an activating group) is 1. The van der Waals surface area contributed by atoms with E-state index in [2.05, 4.69) is 11.9 Å². The Morgan fingerprint density at radius 2 is 1.71 bits per heavy atom. The average Bonchev–Trinajstić information content (AvgIpc) is 2.53. The van der Waals surface area contributed by atoms with Crippen molar-refractivity contribution in [2.75, 3.05) is 40.3 Å².